The summed E-state index contributed by atoms with van der Waals surface area (Å²) in [5.74, 6) is 1.04. The lowest BCUT2D eigenvalue weighted by molar-refractivity contribution is 0.0953. The maximum Gasteiger partial charge on any atom is 0.192 e. The first-order valence-corrected chi connectivity index (χ1v) is 11.1. The molecule has 0 spiro atoms. The van der Waals surface area contributed by atoms with Crippen molar-refractivity contribution in [1.82, 2.24) is 14.8 Å². The number of aromatic nitrogens is 3. The summed E-state index contributed by atoms with van der Waals surface area (Å²) in [7, 11) is 0. The average Bonchev–Trinajstić information content (AvgIpc) is 3.38. The van der Waals surface area contributed by atoms with Crippen LogP contribution in [0.15, 0.2) is 53.7 Å². The summed E-state index contributed by atoms with van der Waals surface area (Å²) in [5, 5.41) is 10.7. The van der Waals surface area contributed by atoms with E-state index in [4.69, 9.17) is 27.9 Å². The quantitative estimate of drug-likeness (QED) is 0.358. The third-order valence-electron chi connectivity index (χ3n) is 4.73. The molecule has 8 heteroatoms. The fraction of sp³-hybridized carbons (Fsp3) is 0.286. The molecule has 1 aliphatic rings. The second-order valence-corrected chi connectivity index (χ2v) is 8.59. The van der Waals surface area contributed by atoms with Gasteiger partial charge in [0, 0.05) is 27.8 Å². The van der Waals surface area contributed by atoms with Crippen LogP contribution >= 0.6 is 35.0 Å². The molecule has 0 radical (unpaired) electrons. The molecule has 0 aliphatic carbocycles. The number of nitrogens with zero attached hydrogens (tertiary/aromatic N) is 3. The van der Waals surface area contributed by atoms with E-state index in [-0.39, 0.29) is 17.6 Å². The van der Waals surface area contributed by atoms with E-state index in [2.05, 4.69) is 10.2 Å². The first-order chi connectivity index (χ1) is 14.1. The Bertz CT molecular complexity index is 984. The Morgan fingerprint density at radius 1 is 1.07 bits per heavy atom. The van der Waals surface area contributed by atoms with Crippen molar-refractivity contribution in [1.29, 1.82) is 0 Å². The molecule has 4 rings (SSSR count). The van der Waals surface area contributed by atoms with Crippen LogP contribution in [-0.2, 0) is 11.3 Å². The number of carbonyl (C=O) groups is 1. The molecular weight excluding hydrogens is 429 g/mol. The van der Waals surface area contributed by atoms with Gasteiger partial charge in [0.15, 0.2) is 16.8 Å². The molecule has 2 heterocycles. The van der Waals surface area contributed by atoms with Gasteiger partial charge in [0.25, 0.3) is 0 Å². The molecule has 0 N–H and O–H groups in total. The normalized spacial score (nSPS) is 16.3. The van der Waals surface area contributed by atoms with Crippen LogP contribution in [0, 0.1) is 0 Å². The highest BCUT2D eigenvalue weighted by Crippen LogP contribution is 2.28. The highest BCUT2D eigenvalue weighted by Gasteiger charge is 2.22. The zero-order valence-electron chi connectivity index (χ0n) is 15.6. The van der Waals surface area contributed by atoms with Gasteiger partial charge in [-0.1, -0.05) is 35.0 Å². The Balaban J connectivity index is 1.55. The van der Waals surface area contributed by atoms with Crippen molar-refractivity contribution in [3.05, 3.63) is 64.1 Å². The van der Waals surface area contributed by atoms with Gasteiger partial charge in [-0.3, -0.25) is 9.36 Å². The first kappa shape index (κ1) is 20.4. The van der Waals surface area contributed by atoms with Crippen molar-refractivity contribution >= 4 is 40.7 Å². The highest BCUT2D eigenvalue weighted by molar-refractivity contribution is 7.99. The Kier molecular flexibility index (Phi) is 6.55. The number of ketones is 1. The molecule has 5 nitrogen and oxygen atoms in total. The maximum atomic E-state index is 12.5. The van der Waals surface area contributed by atoms with E-state index in [1.54, 1.807) is 24.3 Å². The van der Waals surface area contributed by atoms with Crippen LogP contribution < -0.4 is 0 Å². The topological polar surface area (TPSA) is 57.0 Å². The third-order valence-corrected chi connectivity index (χ3v) is 6.20. The minimum absolute atomic E-state index is 0.0198. The summed E-state index contributed by atoms with van der Waals surface area (Å²) in [6, 6.07) is 14.4. The van der Waals surface area contributed by atoms with E-state index < -0.39 is 0 Å². The molecule has 0 unspecified atom stereocenters. The van der Waals surface area contributed by atoms with Crippen LogP contribution in [0.3, 0.4) is 0 Å². The summed E-state index contributed by atoms with van der Waals surface area (Å²) >= 11 is 13.3. The molecule has 29 heavy (non-hydrogen) atoms. The SMILES string of the molecule is O=C(CSc1nnc(-c2ccc(Cl)cc2)n1C[C@@H]1CCCO1)c1ccc(Cl)cc1. The number of Topliss-reactive ketones (excluding diaryl/α,β-unsaturated/α-hetero) is 1. The number of halogens is 2. The number of hydrogen-bond donors (Lipinski definition) is 0. The van der Waals surface area contributed by atoms with E-state index in [1.165, 1.54) is 11.8 Å². The second-order valence-electron chi connectivity index (χ2n) is 6.78. The lowest BCUT2D eigenvalue weighted by Crippen LogP contribution is -2.17. The van der Waals surface area contributed by atoms with Gasteiger partial charge in [0.05, 0.1) is 18.4 Å². The molecule has 0 bridgehead atoms. The predicted molar refractivity (Wildman–Crippen MR) is 116 cm³/mol. The van der Waals surface area contributed by atoms with Gasteiger partial charge >= 0.3 is 0 Å². The fourth-order valence-electron chi connectivity index (χ4n) is 3.21. The summed E-state index contributed by atoms with van der Waals surface area (Å²) < 4.78 is 7.85. The molecular formula is C21H19Cl2N3O2S. The molecule has 1 aliphatic heterocycles. The predicted octanol–water partition coefficient (Wildman–Crippen LogP) is 5.41. The zero-order valence-corrected chi connectivity index (χ0v) is 17.9. The number of hydrogen-bond acceptors (Lipinski definition) is 5. The lowest BCUT2D eigenvalue weighted by Gasteiger charge is -2.14. The van der Waals surface area contributed by atoms with E-state index in [1.807, 2.05) is 28.8 Å². The largest absolute Gasteiger partial charge is 0.376 e. The van der Waals surface area contributed by atoms with E-state index in [9.17, 15) is 4.79 Å². The number of rotatable bonds is 7. The van der Waals surface area contributed by atoms with Crippen LogP contribution in [0.5, 0.6) is 0 Å². The zero-order chi connectivity index (χ0) is 20.2. The average molecular weight is 448 g/mol. The molecule has 150 valence electrons. The van der Waals surface area contributed by atoms with Crippen LogP contribution in [0.4, 0.5) is 0 Å². The number of benzene rings is 2. The Labute approximate surface area is 183 Å². The number of ether oxygens (including phenoxy) is 1. The van der Waals surface area contributed by atoms with Crippen molar-refractivity contribution < 1.29 is 9.53 Å². The fourth-order valence-corrected chi connectivity index (χ4v) is 4.31. The van der Waals surface area contributed by atoms with Crippen molar-refractivity contribution in [2.24, 2.45) is 0 Å². The summed E-state index contributed by atoms with van der Waals surface area (Å²) in [6.07, 6.45) is 2.19. The van der Waals surface area contributed by atoms with Gasteiger partial charge in [0.1, 0.15) is 0 Å². The molecule has 3 aromatic rings. The highest BCUT2D eigenvalue weighted by atomic mass is 35.5. The van der Waals surface area contributed by atoms with Crippen molar-refractivity contribution in [3.63, 3.8) is 0 Å². The summed E-state index contributed by atoms with van der Waals surface area (Å²) in [4.78, 5) is 12.5. The van der Waals surface area contributed by atoms with Gasteiger partial charge in [-0.15, -0.1) is 10.2 Å². The monoisotopic (exact) mass is 447 g/mol. The summed E-state index contributed by atoms with van der Waals surface area (Å²) in [5.41, 5.74) is 1.56. The maximum absolute atomic E-state index is 12.5. The third kappa shape index (κ3) is 5.01. The smallest absolute Gasteiger partial charge is 0.192 e. The van der Waals surface area contributed by atoms with Crippen LogP contribution in [0.25, 0.3) is 11.4 Å². The van der Waals surface area contributed by atoms with Gasteiger partial charge in [-0.2, -0.15) is 0 Å². The van der Waals surface area contributed by atoms with Crippen molar-refractivity contribution in [2.75, 3.05) is 12.4 Å². The van der Waals surface area contributed by atoms with Gasteiger partial charge in [-0.05, 0) is 61.4 Å². The first-order valence-electron chi connectivity index (χ1n) is 9.32. The molecule has 1 aromatic heterocycles. The molecule has 0 amide bonds. The minimum Gasteiger partial charge on any atom is -0.376 e. The van der Waals surface area contributed by atoms with Crippen LogP contribution in [0.1, 0.15) is 23.2 Å². The molecule has 1 atom stereocenters. The number of carbonyl (C=O) groups excluding carboxylic acids is 1. The number of thioether (sulfide) groups is 1. The summed E-state index contributed by atoms with van der Waals surface area (Å²) in [6.45, 7) is 1.43. The van der Waals surface area contributed by atoms with Gasteiger partial charge in [0.2, 0.25) is 0 Å². The standard InChI is InChI=1S/C21H19Cl2N3O2S/c22-16-7-3-14(4-8-16)19(27)13-29-21-25-24-20(15-5-9-17(23)10-6-15)26(21)12-18-2-1-11-28-18/h3-10,18H,1-2,11-13H2/t18-/m0/s1. The minimum atomic E-state index is 0.0198. The van der Waals surface area contributed by atoms with E-state index >= 15 is 0 Å². The molecule has 1 fully saturated rings. The Morgan fingerprint density at radius 2 is 1.76 bits per heavy atom. The molecule has 1 saturated heterocycles. The van der Waals surface area contributed by atoms with Crippen LogP contribution in [-0.4, -0.2) is 39.0 Å². The van der Waals surface area contributed by atoms with E-state index in [0.29, 0.717) is 27.3 Å². The Hall–Kier alpha value is -1.86. The van der Waals surface area contributed by atoms with Gasteiger partial charge < -0.3 is 4.74 Å². The second kappa shape index (κ2) is 9.30. The van der Waals surface area contributed by atoms with Crippen molar-refractivity contribution in [2.45, 2.75) is 30.6 Å². The van der Waals surface area contributed by atoms with E-state index in [0.717, 1.165) is 30.8 Å². The lowest BCUT2D eigenvalue weighted by atomic mass is 10.1. The molecule has 2 aromatic carbocycles. The van der Waals surface area contributed by atoms with Crippen molar-refractivity contribution in [3.8, 4) is 11.4 Å². The Morgan fingerprint density at radius 3 is 2.41 bits per heavy atom. The van der Waals surface area contributed by atoms with Crippen LogP contribution in [0.2, 0.25) is 10.0 Å². The molecule has 0 saturated carbocycles. The van der Waals surface area contributed by atoms with Gasteiger partial charge in [-0.25, -0.2) is 0 Å².